The molecular weight excluding hydrogens is 282 g/mol. The van der Waals surface area contributed by atoms with Gasteiger partial charge in [-0.1, -0.05) is 0 Å². The average molecular weight is 297 g/mol. The van der Waals surface area contributed by atoms with Crippen molar-refractivity contribution in [1.29, 1.82) is 0 Å². The minimum atomic E-state index is -2.98. The number of nitrogens with one attached hydrogen (secondary N) is 1. The van der Waals surface area contributed by atoms with Crippen LogP contribution in [0.25, 0.3) is 0 Å². The van der Waals surface area contributed by atoms with Gasteiger partial charge in [0.15, 0.2) is 0 Å². The monoisotopic (exact) mass is 296 g/mol. The summed E-state index contributed by atoms with van der Waals surface area (Å²) >= 11 is 0. The van der Waals surface area contributed by atoms with Gasteiger partial charge in [0.25, 0.3) is 0 Å². The third kappa shape index (κ3) is 5.27. The highest BCUT2D eigenvalue weighted by molar-refractivity contribution is 5.95. The molecule has 1 aromatic carbocycles. The number of hydrogen-bond donors (Lipinski definition) is 2. The quantitative estimate of drug-likeness (QED) is 0.871. The summed E-state index contributed by atoms with van der Waals surface area (Å²) in [7, 11) is 1.42. The van der Waals surface area contributed by atoms with Crippen molar-refractivity contribution < 1.29 is 23.0 Å². The molecule has 1 rings (SSSR count). The molecule has 0 aliphatic carbocycles. The lowest BCUT2D eigenvalue weighted by Crippen LogP contribution is -2.32. The zero-order valence-corrected chi connectivity index (χ0v) is 11.2. The summed E-state index contributed by atoms with van der Waals surface area (Å²) in [6.45, 7) is -1.51. The van der Waals surface area contributed by atoms with Gasteiger partial charge in [0.2, 0.25) is 5.91 Å². The summed E-state index contributed by atoms with van der Waals surface area (Å²) in [4.78, 5) is 11.4. The fourth-order valence-corrected chi connectivity index (χ4v) is 1.18. The summed E-state index contributed by atoms with van der Waals surface area (Å²) < 4.78 is 33.6. The Balaban J connectivity index is 0.00000324. The second-order valence-electron chi connectivity index (χ2n) is 3.52. The Morgan fingerprint density at radius 2 is 2.05 bits per heavy atom. The van der Waals surface area contributed by atoms with Crippen molar-refractivity contribution >= 4 is 24.0 Å². The highest BCUT2D eigenvalue weighted by Crippen LogP contribution is 2.30. The Hall–Kier alpha value is -1.60. The minimum Gasteiger partial charge on any atom is -0.497 e. The van der Waals surface area contributed by atoms with Gasteiger partial charge in [-0.3, -0.25) is 4.79 Å². The van der Waals surface area contributed by atoms with E-state index in [0.717, 1.165) is 0 Å². The zero-order chi connectivity index (χ0) is 13.7. The first kappa shape index (κ1) is 17.4. The fraction of sp³-hybridized carbons (Fsp3) is 0.364. The second-order valence-corrected chi connectivity index (χ2v) is 3.52. The normalized spacial score (nSPS) is 11.5. The molecule has 1 amide bonds. The van der Waals surface area contributed by atoms with E-state index >= 15 is 0 Å². The molecule has 3 N–H and O–H groups in total. The molecule has 1 atom stereocenters. The van der Waals surface area contributed by atoms with Crippen LogP contribution in [0.1, 0.15) is 6.92 Å². The van der Waals surface area contributed by atoms with Crippen molar-refractivity contribution in [3.8, 4) is 11.5 Å². The molecule has 1 aromatic rings. The third-order valence-electron chi connectivity index (χ3n) is 2.07. The van der Waals surface area contributed by atoms with Gasteiger partial charge in [-0.15, -0.1) is 12.4 Å². The second kappa shape index (κ2) is 7.75. The van der Waals surface area contributed by atoms with E-state index in [9.17, 15) is 13.6 Å². The maximum Gasteiger partial charge on any atom is 0.387 e. The number of carbonyl (C=O) groups excluding carboxylic acids is 1. The molecule has 0 aliphatic rings. The van der Waals surface area contributed by atoms with Crippen molar-refractivity contribution in [2.75, 3.05) is 12.4 Å². The van der Waals surface area contributed by atoms with E-state index in [1.54, 1.807) is 0 Å². The number of alkyl halides is 2. The van der Waals surface area contributed by atoms with Gasteiger partial charge in [0, 0.05) is 6.07 Å². The highest BCUT2D eigenvalue weighted by atomic mass is 35.5. The first-order chi connectivity index (χ1) is 8.43. The zero-order valence-electron chi connectivity index (χ0n) is 10.4. The number of ether oxygens (including phenoxy) is 2. The molecule has 0 aromatic heterocycles. The van der Waals surface area contributed by atoms with E-state index < -0.39 is 18.6 Å². The average Bonchev–Trinajstić information content (AvgIpc) is 2.30. The number of amides is 1. The van der Waals surface area contributed by atoms with Crippen molar-refractivity contribution in [1.82, 2.24) is 0 Å². The lowest BCUT2D eigenvalue weighted by atomic mass is 10.2. The van der Waals surface area contributed by atoms with E-state index in [1.165, 1.54) is 32.2 Å². The lowest BCUT2D eigenvalue weighted by Gasteiger charge is -2.14. The number of rotatable bonds is 5. The first-order valence-electron chi connectivity index (χ1n) is 5.13. The number of nitrogens with two attached hydrogens (primary N) is 1. The third-order valence-corrected chi connectivity index (χ3v) is 2.07. The van der Waals surface area contributed by atoms with Gasteiger partial charge >= 0.3 is 6.61 Å². The van der Waals surface area contributed by atoms with E-state index in [4.69, 9.17) is 10.5 Å². The van der Waals surface area contributed by atoms with Crippen LogP contribution in [-0.2, 0) is 4.79 Å². The fourth-order valence-electron chi connectivity index (χ4n) is 1.18. The first-order valence-corrected chi connectivity index (χ1v) is 5.13. The Kier molecular flexibility index (Phi) is 7.10. The van der Waals surface area contributed by atoms with Gasteiger partial charge in [-0.2, -0.15) is 8.78 Å². The van der Waals surface area contributed by atoms with Crippen molar-refractivity contribution in [3.63, 3.8) is 0 Å². The van der Waals surface area contributed by atoms with Gasteiger partial charge in [0.05, 0.1) is 18.8 Å². The Labute approximate surface area is 115 Å². The maximum atomic E-state index is 12.2. The van der Waals surface area contributed by atoms with Crippen molar-refractivity contribution in [2.24, 2.45) is 5.73 Å². The van der Waals surface area contributed by atoms with Gasteiger partial charge in [-0.05, 0) is 19.1 Å². The van der Waals surface area contributed by atoms with Crippen LogP contribution < -0.4 is 20.5 Å². The molecule has 8 heteroatoms. The topological polar surface area (TPSA) is 73.6 Å². The number of carbonyl (C=O) groups is 1. The smallest absolute Gasteiger partial charge is 0.387 e. The van der Waals surface area contributed by atoms with Crippen molar-refractivity contribution in [3.05, 3.63) is 18.2 Å². The molecule has 0 aliphatic heterocycles. The van der Waals surface area contributed by atoms with Crippen LogP contribution in [0.5, 0.6) is 11.5 Å². The molecular formula is C11H15ClF2N2O3. The van der Waals surface area contributed by atoms with Crippen LogP contribution in [0.3, 0.4) is 0 Å². The van der Waals surface area contributed by atoms with E-state index in [0.29, 0.717) is 5.75 Å². The molecule has 0 bridgehead atoms. The molecule has 0 fully saturated rings. The predicted octanol–water partition coefficient (Wildman–Crippen LogP) is 2.00. The van der Waals surface area contributed by atoms with Crippen molar-refractivity contribution in [2.45, 2.75) is 19.6 Å². The summed E-state index contributed by atoms with van der Waals surface area (Å²) in [5.41, 5.74) is 5.45. The number of methoxy groups -OCH3 is 1. The van der Waals surface area contributed by atoms with E-state index in [1.807, 2.05) is 0 Å². The Bertz CT molecular complexity index is 430. The van der Waals surface area contributed by atoms with Crippen LogP contribution in [0.15, 0.2) is 18.2 Å². The van der Waals surface area contributed by atoms with Crippen LogP contribution >= 0.6 is 12.4 Å². The van der Waals surface area contributed by atoms with Crippen LogP contribution in [0, 0.1) is 0 Å². The van der Waals surface area contributed by atoms with Crippen LogP contribution in [0.4, 0.5) is 14.5 Å². The lowest BCUT2D eigenvalue weighted by molar-refractivity contribution is -0.117. The predicted molar refractivity (Wildman–Crippen MR) is 69.2 cm³/mol. The molecule has 0 saturated carbocycles. The highest BCUT2D eigenvalue weighted by Gasteiger charge is 2.15. The summed E-state index contributed by atoms with van der Waals surface area (Å²) in [6, 6.07) is 3.33. The molecule has 19 heavy (non-hydrogen) atoms. The molecule has 0 saturated heterocycles. The maximum absolute atomic E-state index is 12.2. The van der Waals surface area contributed by atoms with Gasteiger partial charge in [0.1, 0.15) is 11.5 Å². The number of benzene rings is 1. The summed E-state index contributed by atoms with van der Waals surface area (Å²) in [6.07, 6.45) is 0. The SMILES string of the molecule is COc1ccc(OC(F)F)c(NC(=O)[C@H](C)N)c1.Cl. The Morgan fingerprint density at radius 1 is 1.42 bits per heavy atom. The van der Waals surface area contributed by atoms with Gasteiger partial charge in [-0.25, -0.2) is 0 Å². The largest absolute Gasteiger partial charge is 0.497 e. The van der Waals surface area contributed by atoms with E-state index in [2.05, 4.69) is 10.1 Å². The molecule has 108 valence electrons. The molecule has 5 nitrogen and oxygen atoms in total. The molecule has 0 heterocycles. The summed E-state index contributed by atoms with van der Waals surface area (Å²) in [5.74, 6) is -0.265. The minimum absolute atomic E-state index is 0. The Morgan fingerprint density at radius 3 is 2.53 bits per heavy atom. The van der Waals surface area contributed by atoms with Gasteiger partial charge < -0.3 is 20.5 Å². The number of anilines is 1. The summed E-state index contributed by atoms with van der Waals surface area (Å²) in [5, 5.41) is 2.39. The van der Waals surface area contributed by atoms with E-state index in [-0.39, 0.29) is 23.8 Å². The van der Waals surface area contributed by atoms with Crippen LogP contribution in [-0.4, -0.2) is 25.7 Å². The standard InChI is InChI=1S/C11H14F2N2O3.ClH/c1-6(14)10(16)15-8-5-7(17-2)3-4-9(8)18-11(12)13;/h3-6,11H,14H2,1-2H3,(H,15,16);1H/t6-;/m0./s1. The molecule has 0 spiro atoms. The number of hydrogen-bond acceptors (Lipinski definition) is 4. The number of halogens is 3. The molecule has 0 radical (unpaired) electrons. The van der Waals surface area contributed by atoms with Crippen LogP contribution in [0.2, 0.25) is 0 Å². The molecule has 0 unspecified atom stereocenters.